The zero-order valence-electron chi connectivity index (χ0n) is 13.7. The summed E-state index contributed by atoms with van der Waals surface area (Å²) in [6.45, 7) is 0. The van der Waals surface area contributed by atoms with Gasteiger partial charge in [0.15, 0.2) is 0 Å². The minimum absolute atomic E-state index is 0.166. The van der Waals surface area contributed by atoms with Crippen molar-refractivity contribution in [2.45, 2.75) is 0 Å². The second-order valence-corrected chi connectivity index (χ2v) is 5.73. The van der Waals surface area contributed by atoms with E-state index < -0.39 is 0 Å². The first-order valence-corrected chi connectivity index (χ1v) is 8.08. The molecule has 0 aliphatic heterocycles. The molecule has 0 aliphatic carbocycles. The highest BCUT2D eigenvalue weighted by Gasteiger charge is 2.10. The lowest BCUT2D eigenvalue weighted by molar-refractivity contribution is 0.628. The largest absolute Gasteiger partial charge is 0.268 e. The number of benzene rings is 2. The van der Waals surface area contributed by atoms with Crippen molar-refractivity contribution in [3.05, 3.63) is 94.8 Å². The SMILES string of the molecule is O=c1c2ccccc2nc(-c2ccncc2)n1/C=C/c1ccc(F)cc1. The predicted molar refractivity (Wildman–Crippen MR) is 101 cm³/mol. The quantitative estimate of drug-likeness (QED) is 0.559. The molecule has 0 bridgehead atoms. The summed E-state index contributed by atoms with van der Waals surface area (Å²) in [6, 6.07) is 16.9. The van der Waals surface area contributed by atoms with Gasteiger partial charge in [-0.1, -0.05) is 24.3 Å². The highest BCUT2D eigenvalue weighted by atomic mass is 19.1. The topological polar surface area (TPSA) is 47.8 Å². The highest BCUT2D eigenvalue weighted by molar-refractivity contribution is 5.81. The van der Waals surface area contributed by atoms with E-state index in [0.717, 1.165) is 11.1 Å². The van der Waals surface area contributed by atoms with E-state index in [2.05, 4.69) is 9.97 Å². The lowest BCUT2D eigenvalue weighted by Gasteiger charge is -2.10. The van der Waals surface area contributed by atoms with Crippen molar-refractivity contribution in [2.24, 2.45) is 0 Å². The molecule has 0 radical (unpaired) electrons. The number of rotatable bonds is 3. The van der Waals surface area contributed by atoms with Gasteiger partial charge in [0, 0.05) is 24.2 Å². The summed E-state index contributed by atoms with van der Waals surface area (Å²) in [5.41, 5.74) is 2.04. The Labute approximate surface area is 148 Å². The molecule has 4 nitrogen and oxygen atoms in total. The van der Waals surface area contributed by atoms with Crippen molar-refractivity contribution in [3.8, 4) is 11.4 Å². The smallest absolute Gasteiger partial charge is 0.265 e. The maximum atomic E-state index is 13.1. The van der Waals surface area contributed by atoms with Crippen LogP contribution in [-0.4, -0.2) is 14.5 Å². The molecule has 0 unspecified atom stereocenters. The number of nitrogens with zero attached hydrogens (tertiary/aromatic N) is 3. The first-order valence-electron chi connectivity index (χ1n) is 8.08. The molecule has 4 aromatic rings. The van der Waals surface area contributed by atoms with Gasteiger partial charge in [-0.05, 0) is 48.0 Å². The van der Waals surface area contributed by atoms with Crippen molar-refractivity contribution < 1.29 is 4.39 Å². The van der Waals surface area contributed by atoms with Gasteiger partial charge in [-0.2, -0.15) is 0 Å². The van der Waals surface area contributed by atoms with Crippen molar-refractivity contribution in [3.63, 3.8) is 0 Å². The van der Waals surface area contributed by atoms with Gasteiger partial charge < -0.3 is 0 Å². The molecule has 126 valence electrons. The third-order valence-electron chi connectivity index (χ3n) is 4.03. The Hall–Kier alpha value is -3.60. The lowest BCUT2D eigenvalue weighted by atomic mass is 10.2. The molecule has 5 heteroatoms. The van der Waals surface area contributed by atoms with Crippen molar-refractivity contribution in [1.82, 2.24) is 14.5 Å². The minimum Gasteiger partial charge on any atom is -0.268 e. The second kappa shape index (κ2) is 6.72. The lowest BCUT2D eigenvalue weighted by Crippen LogP contribution is -2.19. The Morgan fingerprint density at radius 3 is 2.42 bits per heavy atom. The van der Waals surface area contributed by atoms with E-state index in [9.17, 15) is 9.18 Å². The van der Waals surface area contributed by atoms with Gasteiger partial charge in [-0.15, -0.1) is 0 Å². The summed E-state index contributed by atoms with van der Waals surface area (Å²) in [5.74, 6) is 0.221. The van der Waals surface area contributed by atoms with Gasteiger partial charge in [0.1, 0.15) is 11.6 Å². The van der Waals surface area contributed by atoms with E-state index >= 15 is 0 Å². The molecule has 0 atom stereocenters. The second-order valence-electron chi connectivity index (χ2n) is 5.73. The first-order chi connectivity index (χ1) is 12.7. The van der Waals surface area contributed by atoms with Crippen LogP contribution in [0.15, 0.2) is 77.9 Å². The molecule has 26 heavy (non-hydrogen) atoms. The molecule has 0 saturated heterocycles. The van der Waals surface area contributed by atoms with Crippen LogP contribution in [0.25, 0.3) is 34.6 Å². The fraction of sp³-hybridized carbons (Fsp3) is 0. The standard InChI is InChI=1S/C21H14FN3O/c22-17-7-5-15(6-8-17)11-14-25-20(16-9-12-23-13-10-16)24-19-4-2-1-3-18(19)21(25)26/h1-14H/b14-11+. The van der Waals surface area contributed by atoms with Crippen LogP contribution in [-0.2, 0) is 0 Å². The Morgan fingerprint density at radius 2 is 1.65 bits per heavy atom. The fourth-order valence-corrected chi connectivity index (χ4v) is 2.72. The summed E-state index contributed by atoms with van der Waals surface area (Å²) < 4.78 is 14.6. The van der Waals surface area contributed by atoms with Crippen LogP contribution in [0.1, 0.15) is 5.56 Å². The van der Waals surface area contributed by atoms with E-state index in [4.69, 9.17) is 0 Å². The number of aromatic nitrogens is 3. The molecule has 0 aliphatic rings. The normalized spacial score (nSPS) is 11.3. The third kappa shape index (κ3) is 3.02. The van der Waals surface area contributed by atoms with Crippen molar-refractivity contribution in [2.75, 3.05) is 0 Å². The number of pyridine rings is 1. The molecule has 0 saturated carbocycles. The molecule has 2 heterocycles. The summed E-state index contributed by atoms with van der Waals surface area (Å²) in [5, 5.41) is 0.536. The Kier molecular flexibility index (Phi) is 4.11. The summed E-state index contributed by atoms with van der Waals surface area (Å²) >= 11 is 0. The highest BCUT2D eigenvalue weighted by Crippen LogP contribution is 2.19. The van der Waals surface area contributed by atoms with Crippen LogP contribution in [0.4, 0.5) is 4.39 Å². The van der Waals surface area contributed by atoms with Gasteiger partial charge in [0.2, 0.25) is 0 Å². The number of hydrogen-bond donors (Lipinski definition) is 0. The fourth-order valence-electron chi connectivity index (χ4n) is 2.72. The van der Waals surface area contributed by atoms with Crippen LogP contribution in [0.2, 0.25) is 0 Å². The van der Waals surface area contributed by atoms with Crippen molar-refractivity contribution >= 4 is 23.2 Å². The molecule has 2 aromatic heterocycles. The van der Waals surface area contributed by atoms with Crippen LogP contribution in [0.5, 0.6) is 0 Å². The van der Waals surface area contributed by atoms with E-state index in [-0.39, 0.29) is 11.4 Å². The third-order valence-corrected chi connectivity index (χ3v) is 4.03. The molecule has 0 amide bonds. The Balaban J connectivity index is 1.92. The maximum absolute atomic E-state index is 13.1. The average molecular weight is 343 g/mol. The first kappa shape index (κ1) is 15.9. The molecule has 0 N–H and O–H groups in total. The van der Waals surface area contributed by atoms with Gasteiger partial charge >= 0.3 is 0 Å². The van der Waals surface area contributed by atoms with Gasteiger partial charge in [-0.3, -0.25) is 14.3 Å². The zero-order chi connectivity index (χ0) is 17.9. The molecule has 2 aromatic carbocycles. The number of para-hydroxylation sites is 1. The van der Waals surface area contributed by atoms with Crippen LogP contribution < -0.4 is 5.56 Å². The maximum Gasteiger partial charge on any atom is 0.265 e. The average Bonchev–Trinajstić information content (AvgIpc) is 2.69. The van der Waals surface area contributed by atoms with Gasteiger partial charge in [0.25, 0.3) is 5.56 Å². The van der Waals surface area contributed by atoms with E-state index in [1.165, 1.54) is 16.7 Å². The summed E-state index contributed by atoms with van der Waals surface area (Å²) in [4.78, 5) is 21.7. The van der Waals surface area contributed by atoms with Gasteiger partial charge in [0.05, 0.1) is 10.9 Å². The molecule has 0 spiro atoms. The molecule has 0 fully saturated rings. The minimum atomic E-state index is -0.302. The molecular weight excluding hydrogens is 329 g/mol. The Morgan fingerprint density at radius 1 is 0.923 bits per heavy atom. The molecular formula is C21H14FN3O. The van der Waals surface area contributed by atoms with E-state index in [1.807, 2.05) is 18.2 Å². The van der Waals surface area contributed by atoms with E-state index in [0.29, 0.717) is 16.7 Å². The number of fused-ring (bicyclic) bond motifs is 1. The zero-order valence-corrected chi connectivity index (χ0v) is 13.7. The summed E-state index contributed by atoms with van der Waals surface area (Å²) in [6.07, 6.45) is 6.72. The van der Waals surface area contributed by atoms with Crippen LogP contribution >= 0.6 is 0 Å². The van der Waals surface area contributed by atoms with Gasteiger partial charge in [-0.25, -0.2) is 9.37 Å². The van der Waals surface area contributed by atoms with E-state index in [1.54, 1.807) is 55.0 Å². The predicted octanol–water partition coefficient (Wildman–Crippen LogP) is 4.23. The Bertz CT molecular complexity index is 1150. The monoisotopic (exact) mass is 343 g/mol. The molecule has 4 rings (SSSR count). The number of halogens is 1. The van der Waals surface area contributed by atoms with Crippen LogP contribution in [0.3, 0.4) is 0 Å². The van der Waals surface area contributed by atoms with Crippen LogP contribution in [0, 0.1) is 5.82 Å². The summed E-state index contributed by atoms with van der Waals surface area (Å²) in [7, 11) is 0. The van der Waals surface area contributed by atoms with Crippen molar-refractivity contribution in [1.29, 1.82) is 0 Å². The number of hydrogen-bond acceptors (Lipinski definition) is 3.